The Bertz CT molecular complexity index is 1030. The molecule has 0 unspecified atom stereocenters. The standard InChI is InChI=1S/C30H38O6.CH4O.CH2O/c1-5-13-24-14-19-27(28(22-24)33-4)36-30(32)25-15-17-26(18-16-25)34-20-11-9-7-6-8-10-12-21-35-29(31)23(2)3;2*1-2/h5,13-19,22H,2,6-12,20-21H2,1,3-4H3;2H,1H3;1H2/b13-5+;;. The molecular formula is C32H44O8. The van der Waals surface area contributed by atoms with Gasteiger partial charge in [0.1, 0.15) is 12.5 Å². The van der Waals surface area contributed by atoms with Gasteiger partial charge in [-0.2, -0.15) is 0 Å². The molecule has 2 rings (SSSR count). The second-order valence-electron chi connectivity index (χ2n) is 8.56. The van der Waals surface area contributed by atoms with Crippen molar-refractivity contribution in [3.63, 3.8) is 0 Å². The number of unbranched alkanes of at least 4 members (excludes halogenated alkanes) is 6. The number of hydrogen-bond acceptors (Lipinski definition) is 8. The van der Waals surface area contributed by atoms with Crippen LogP contribution in [0, 0.1) is 0 Å². The maximum atomic E-state index is 12.5. The molecule has 8 nitrogen and oxygen atoms in total. The Kier molecular flexibility index (Phi) is 20.8. The molecule has 220 valence electrons. The topological polar surface area (TPSA) is 108 Å². The molecule has 0 spiro atoms. The van der Waals surface area contributed by atoms with Crippen LogP contribution in [0.2, 0.25) is 0 Å². The molecule has 1 N–H and O–H groups in total. The van der Waals surface area contributed by atoms with E-state index in [4.69, 9.17) is 28.8 Å². The summed E-state index contributed by atoms with van der Waals surface area (Å²) in [5, 5.41) is 7.00. The molecule has 0 amide bonds. The number of esters is 2. The van der Waals surface area contributed by atoms with Gasteiger partial charge in [0.25, 0.3) is 0 Å². The number of aliphatic hydroxyl groups is 1. The van der Waals surface area contributed by atoms with Crippen molar-refractivity contribution in [3.8, 4) is 17.2 Å². The Labute approximate surface area is 238 Å². The Morgan fingerprint density at radius 1 is 0.850 bits per heavy atom. The van der Waals surface area contributed by atoms with Crippen LogP contribution in [0.4, 0.5) is 0 Å². The van der Waals surface area contributed by atoms with Gasteiger partial charge in [-0.15, -0.1) is 0 Å². The van der Waals surface area contributed by atoms with Gasteiger partial charge in [-0.05, 0) is 68.7 Å². The van der Waals surface area contributed by atoms with Crippen LogP contribution in [0.3, 0.4) is 0 Å². The summed E-state index contributed by atoms with van der Waals surface area (Å²) in [6, 6.07) is 12.4. The second kappa shape index (κ2) is 23.0. The summed E-state index contributed by atoms with van der Waals surface area (Å²) in [6.45, 7) is 10.3. The SMILES string of the molecule is C=C(C)C(=O)OCCCCCCCCCOc1ccc(C(=O)Oc2ccc(/C=C/C)cc2OC)cc1.C=O.CO. The van der Waals surface area contributed by atoms with Crippen molar-refractivity contribution in [1.29, 1.82) is 0 Å². The van der Waals surface area contributed by atoms with Gasteiger partial charge in [-0.3, -0.25) is 0 Å². The number of rotatable bonds is 16. The van der Waals surface area contributed by atoms with E-state index in [1.165, 1.54) is 0 Å². The highest BCUT2D eigenvalue weighted by Crippen LogP contribution is 2.29. The quantitative estimate of drug-likeness (QED) is 0.107. The zero-order valence-electron chi connectivity index (χ0n) is 24.3. The molecular weight excluding hydrogens is 512 g/mol. The van der Waals surface area contributed by atoms with Gasteiger partial charge in [0.2, 0.25) is 0 Å². The van der Waals surface area contributed by atoms with Crippen LogP contribution in [0.1, 0.15) is 74.7 Å². The first-order valence-corrected chi connectivity index (χ1v) is 13.3. The number of ether oxygens (including phenoxy) is 4. The average Bonchev–Trinajstić information content (AvgIpc) is 2.98. The molecule has 0 aliphatic heterocycles. The third-order valence-corrected chi connectivity index (χ3v) is 5.48. The van der Waals surface area contributed by atoms with E-state index in [1.54, 1.807) is 44.4 Å². The van der Waals surface area contributed by atoms with E-state index in [2.05, 4.69) is 6.58 Å². The van der Waals surface area contributed by atoms with E-state index in [-0.39, 0.29) is 5.97 Å². The summed E-state index contributed by atoms with van der Waals surface area (Å²) < 4.78 is 21.8. The van der Waals surface area contributed by atoms with Crippen LogP contribution < -0.4 is 14.2 Å². The summed E-state index contributed by atoms with van der Waals surface area (Å²) in [5.74, 6) is 0.846. The molecule has 8 heteroatoms. The molecule has 0 radical (unpaired) electrons. The van der Waals surface area contributed by atoms with Crippen LogP contribution in [-0.2, 0) is 14.3 Å². The van der Waals surface area contributed by atoms with Crippen LogP contribution in [0.25, 0.3) is 6.08 Å². The number of hydrogen-bond donors (Lipinski definition) is 1. The average molecular weight is 557 g/mol. The number of benzene rings is 2. The molecule has 2 aromatic rings. The Morgan fingerprint density at radius 3 is 1.98 bits per heavy atom. The Morgan fingerprint density at radius 2 is 1.43 bits per heavy atom. The van der Waals surface area contributed by atoms with E-state index < -0.39 is 5.97 Å². The van der Waals surface area contributed by atoms with E-state index in [9.17, 15) is 9.59 Å². The normalized spacial score (nSPS) is 9.93. The fourth-order valence-corrected chi connectivity index (χ4v) is 3.48. The highest BCUT2D eigenvalue weighted by Gasteiger charge is 2.13. The number of carbonyl (C=O) groups excluding carboxylic acids is 3. The molecule has 0 bridgehead atoms. The Balaban J connectivity index is 0.00000363. The predicted molar refractivity (Wildman–Crippen MR) is 158 cm³/mol. The molecule has 0 aromatic heterocycles. The second-order valence-corrected chi connectivity index (χ2v) is 8.56. The predicted octanol–water partition coefficient (Wildman–Crippen LogP) is 6.60. The van der Waals surface area contributed by atoms with Gasteiger partial charge < -0.3 is 28.8 Å². The number of carbonyl (C=O) groups is 3. The summed E-state index contributed by atoms with van der Waals surface area (Å²) in [6.07, 6.45) is 11.4. The molecule has 0 saturated carbocycles. The van der Waals surface area contributed by atoms with E-state index in [0.29, 0.717) is 35.8 Å². The summed E-state index contributed by atoms with van der Waals surface area (Å²) in [4.78, 5) is 31.8. The molecule has 2 aromatic carbocycles. The number of aliphatic hydroxyl groups excluding tert-OH is 1. The highest BCUT2D eigenvalue weighted by molar-refractivity contribution is 5.91. The van der Waals surface area contributed by atoms with Crippen molar-refractivity contribution in [1.82, 2.24) is 0 Å². The van der Waals surface area contributed by atoms with Gasteiger partial charge in [-0.1, -0.05) is 56.9 Å². The van der Waals surface area contributed by atoms with Crippen molar-refractivity contribution in [3.05, 3.63) is 71.8 Å². The first kappa shape index (κ1) is 36.1. The minimum atomic E-state index is -0.451. The van der Waals surface area contributed by atoms with E-state index in [0.717, 1.165) is 63.4 Å². The summed E-state index contributed by atoms with van der Waals surface area (Å²) >= 11 is 0. The van der Waals surface area contributed by atoms with Crippen molar-refractivity contribution in [2.75, 3.05) is 27.4 Å². The first-order valence-electron chi connectivity index (χ1n) is 13.3. The maximum absolute atomic E-state index is 12.5. The molecule has 0 fully saturated rings. The lowest BCUT2D eigenvalue weighted by molar-refractivity contribution is -0.139. The molecule has 0 heterocycles. The number of allylic oxidation sites excluding steroid dienone is 1. The van der Waals surface area contributed by atoms with Crippen molar-refractivity contribution < 1.29 is 38.4 Å². The first-order chi connectivity index (χ1) is 19.4. The molecule has 0 aliphatic carbocycles. The lowest BCUT2D eigenvalue weighted by atomic mass is 10.1. The molecule has 0 aliphatic rings. The van der Waals surface area contributed by atoms with Crippen molar-refractivity contribution in [2.45, 2.75) is 58.8 Å². The van der Waals surface area contributed by atoms with Gasteiger partial charge in [0.05, 0.1) is 25.9 Å². The van der Waals surface area contributed by atoms with Gasteiger partial charge in [-0.25, -0.2) is 9.59 Å². The van der Waals surface area contributed by atoms with Crippen LogP contribution in [-0.4, -0.2) is 51.3 Å². The fraction of sp³-hybridized carbons (Fsp3) is 0.406. The minimum absolute atomic E-state index is 0.309. The van der Waals surface area contributed by atoms with Crippen molar-refractivity contribution in [2.24, 2.45) is 0 Å². The zero-order valence-corrected chi connectivity index (χ0v) is 24.3. The molecule has 0 saturated heterocycles. The molecule has 40 heavy (non-hydrogen) atoms. The molecule has 0 atom stereocenters. The summed E-state index contributed by atoms with van der Waals surface area (Å²) in [5.41, 5.74) is 1.85. The fourth-order valence-electron chi connectivity index (χ4n) is 3.48. The zero-order chi connectivity index (χ0) is 30.2. The van der Waals surface area contributed by atoms with Gasteiger partial charge in [0.15, 0.2) is 11.5 Å². The lowest BCUT2D eigenvalue weighted by Gasteiger charge is -2.11. The maximum Gasteiger partial charge on any atom is 0.343 e. The van der Waals surface area contributed by atoms with Crippen molar-refractivity contribution >= 4 is 24.8 Å². The van der Waals surface area contributed by atoms with E-state index in [1.807, 2.05) is 38.0 Å². The third-order valence-electron chi connectivity index (χ3n) is 5.48. The number of methoxy groups -OCH3 is 1. The minimum Gasteiger partial charge on any atom is -0.494 e. The Hall–Kier alpha value is -3.91. The smallest absolute Gasteiger partial charge is 0.343 e. The third kappa shape index (κ3) is 14.9. The van der Waals surface area contributed by atoms with Crippen LogP contribution in [0.5, 0.6) is 17.2 Å². The van der Waals surface area contributed by atoms with Gasteiger partial charge in [0, 0.05) is 12.7 Å². The van der Waals surface area contributed by atoms with Gasteiger partial charge >= 0.3 is 11.9 Å². The lowest BCUT2D eigenvalue weighted by Crippen LogP contribution is -2.09. The van der Waals surface area contributed by atoms with Crippen LogP contribution >= 0.6 is 0 Å². The van der Waals surface area contributed by atoms with Crippen LogP contribution in [0.15, 0.2) is 60.7 Å². The van der Waals surface area contributed by atoms with E-state index >= 15 is 0 Å². The monoisotopic (exact) mass is 556 g/mol. The highest BCUT2D eigenvalue weighted by atomic mass is 16.6. The largest absolute Gasteiger partial charge is 0.494 e. The summed E-state index contributed by atoms with van der Waals surface area (Å²) in [7, 11) is 2.55.